The summed E-state index contributed by atoms with van der Waals surface area (Å²) < 4.78 is 5.40. The zero-order valence-electron chi connectivity index (χ0n) is 9.72. The monoisotopic (exact) mass is 224 g/mol. The fourth-order valence-corrected chi connectivity index (χ4v) is 2.32. The molecular formula is C11H20N4O. The molecular weight excluding hydrogens is 204 g/mol. The van der Waals surface area contributed by atoms with Gasteiger partial charge >= 0.3 is 0 Å². The average molecular weight is 224 g/mol. The first-order valence-corrected chi connectivity index (χ1v) is 5.77. The largest absolute Gasteiger partial charge is 0.381 e. The summed E-state index contributed by atoms with van der Waals surface area (Å²) >= 11 is 0. The Morgan fingerprint density at radius 3 is 3.19 bits per heavy atom. The van der Waals surface area contributed by atoms with Crippen LogP contribution in [0, 0.1) is 0 Å². The van der Waals surface area contributed by atoms with Crippen LogP contribution < -0.4 is 5.73 Å². The van der Waals surface area contributed by atoms with Crippen LogP contribution >= 0.6 is 0 Å². The van der Waals surface area contributed by atoms with Gasteiger partial charge in [-0.25, -0.2) is 4.98 Å². The summed E-state index contributed by atoms with van der Waals surface area (Å²) in [4.78, 5) is 9.57. The third-order valence-corrected chi connectivity index (χ3v) is 3.32. The van der Waals surface area contributed by atoms with E-state index in [9.17, 15) is 0 Å². The maximum absolute atomic E-state index is 5.82. The quantitative estimate of drug-likeness (QED) is 0.774. The van der Waals surface area contributed by atoms with E-state index in [1.165, 1.54) is 0 Å². The SMILES string of the molecule is COC1CCN(Cc2cnc[nH]2)C(CN)C1. The molecule has 1 aliphatic rings. The lowest BCUT2D eigenvalue weighted by Crippen LogP contribution is -2.48. The van der Waals surface area contributed by atoms with Gasteiger partial charge in [0.2, 0.25) is 0 Å². The number of imidazole rings is 1. The number of nitrogens with two attached hydrogens (primary N) is 1. The van der Waals surface area contributed by atoms with Gasteiger partial charge in [0, 0.05) is 44.7 Å². The van der Waals surface area contributed by atoms with E-state index in [0.29, 0.717) is 18.7 Å². The Balaban J connectivity index is 1.93. The maximum atomic E-state index is 5.82. The van der Waals surface area contributed by atoms with Crippen LogP contribution in [-0.2, 0) is 11.3 Å². The lowest BCUT2D eigenvalue weighted by Gasteiger charge is -2.38. The van der Waals surface area contributed by atoms with E-state index in [-0.39, 0.29) is 0 Å². The fourth-order valence-electron chi connectivity index (χ4n) is 2.32. The van der Waals surface area contributed by atoms with Gasteiger partial charge in [-0.3, -0.25) is 4.90 Å². The standard InChI is InChI=1S/C11H20N4O/c1-16-11-2-3-15(10(4-11)5-12)7-9-6-13-8-14-9/h6,8,10-11H,2-5,7,12H2,1H3,(H,13,14). The number of aromatic amines is 1. The molecule has 0 aliphatic carbocycles. The molecule has 0 radical (unpaired) electrons. The van der Waals surface area contributed by atoms with Crippen molar-refractivity contribution in [3.05, 3.63) is 18.2 Å². The number of hydrogen-bond acceptors (Lipinski definition) is 4. The molecule has 1 aromatic heterocycles. The van der Waals surface area contributed by atoms with Crippen molar-refractivity contribution < 1.29 is 4.74 Å². The van der Waals surface area contributed by atoms with E-state index in [1.807, 2.05) is 6.20 Å². The Hall–Kier alpha value is -0.910. The summed E-state index contributed by atoms with van der Waals surface area (Å²) in [7, 11) is 1.78. The number of methoxy groups -OCH3 is 1. The van der Waals surface area contributed by atoms with E-state index in [0.717, 1.165) is 31.6 Å². The van der Waals surface area contributed by atoms with Gasteiger partial charge in [-0.1, -0.05) is 0 Å². The van der Waals surface area contributed by atoms with Crippen LogP contribution in [0.5, 0.6) is 0 Å². The van der Waals surface area contributed by atoms with Gasteiger partial charge in [0.1, 0.15) is 0 Å². The van der Waals surface area contributed by atoms with Gasteiger partial charge in [0.25, 0.3) is 0 Å². The van der Waals surface area contributed by atoms with E-state index in [2.05, 4.69) is 14.9 Å². The minimum atomic E-state index is 0.367. The number of ether oxygens (including phenoxy) is 1. The van der Waals surface area contributed by atoms with E-state index >= 15 is 0 Å². The summed E-state index contributed by atoms with van der Waals surface area (Å²) in [5, 5.41) is 0. The molecule has 5 nitrogen and oxygen atoms in total. The Kier molecular flexibility index (Phi) is 3.93. The average Bonchev–Trinajstić information content (AvgIpc) is 2.82. The van der Waals surface area contributed by atoms with E-state index in [4.69, 9.17) is 10.5 Å². The molecule has 2 rings (SSSR count). The molecule has 5 heteroatoms. The first-order chi connectivity index (χ1) is 7.83. The van der Waals surface area contributed by atoms with Gasteiger partial charge in [0.05, 0.1) is 12.4 Å². The summed E-state index contributed by atoms with van der Waals surface area (Å²) in [6, 6.07) is 0.419. The minimum absolute atomic E-state index is 0.367. The topological polar surface area (TPSA) is 67.2 Å². The van der Waals surface area contributed by atoms with Crippen molar-refractivity contribution >= 4 is 0 Å². The highest BCUT2D eigenvalue weighted by molar-refractivity contribution is 4.96. The van der Waals surface area contributed by atoms with Gasteiger partial charge < -0.3 is 15.5 Å². The number of piperidine rings is 1. The molecule has 1 aliphatic heterocycles. The van der Waals surface area contributed by atoms with Crippen molar-refractivity contribution in [1.29, 1.82) is 0 Å². The van der Waals surface area contributed by atoms with Gasteiger partial charge in [-0.05, 0) is 12.8 Å². The predicted molar refractivity (Wildman–Crippen MR) is 61.9 cm³/mol. The molecule has 0 spiro atoms. The molecule has 1 saturated heterocycles. The summed E-state index contributed by atoms with van der Waals surface area (Å²) in [6.07, 6.45) is 6.07. The number of H-pyrrole nitrogens is 1. The van der Waals surface area contributed by atoms with Crippen LogP contribution in [0.25, 0.3) is 0 Å². The number of nitrogens with one attached hydrogen (secondary N) is 1. The highest BCUT2D eigenvalue weighted by atomic mass is 16.5. The molecule has 3 N–H and O–H groups in total. The third kappa shape index (κ3) is 2.61. The highest BCUT2D eigenvalue weighted by Gasteiger charge is 2.27. The molecule has 1 aromatic rings. The molecule has 0 amide bonds. The van der Waals surface area contributed by atoms with Crippen molar-refractivity contribution in [2.24, 2.45) is 5.73 Å². The van der Waals surface area contributed by atoms with E-state index in [1.54, 1.807) is 13.4 Å². The van der Waals surface area contributed by atoms with Crippen LogP contribution in [0.15, 0.2) is 12.5 Å². The zero-order valence-corrected chi connectivity index (χ0v) is 9.72. The fraction of sp³-hybridized carbons (Fsp3) is 0.727. The second-order valence-electron chi connectivity index (χ2n) is 4.32. The second kappa shape index (κ2) is 5.43. The Bertz CT molecular complexity index is 301. The molecule has 1 fully saturated rings. The number of likely N-dealkylation sites (tertiary alicyclic amines) is 1. The van der Waals surface area contributed by atoms with Gasteiger partial charge in [0.15, 0.2) is 0 Å². The number of hydrogen-bond donors (Lipinski definition) is 2. The Labute approximate surface area is 96.0 Å². The van der Waals surface area contributed by atoms with Gasteiger partial charge in [-0.2, -0.15) is 0 Å². The molecule has 0 saturated carbocycles. The predicted octanol–water partition coefficient (Wildman–Crippen LogP) is 0.348. The van der Waals surface area contributed by atoms with Crippen molar-refractivity contribution in [3.63, 3.8) is 0 Å². The Morgan fingerprint density at radius 1 is 1.69 bits per heavy atom. The zero-order chi connectivity index (χ0) is 11.4. The summed E-state index contributed by atoms with van der Waals surface area (Å²) in [6.45, 7) is 2.63. The van der Waals surface area contributed by atoms with Gasteiger partial charge in [-0.15, -0.1) is 0 Å². The van der Waals surface area contributed by atoms with Crippen molar-refractivity contribution in [3.8, 4) is 0 Å². The highest BCUT2D eigenvalue weighted by Crippen LogP contribution is 2.20. The van der Waals surface area contributed by atoms with Crippen molar-refractivity contribution in [1.82, 2.24) is 14.9 Å². The van der Waals surface area contributed by atoms with Crippen LogP contribution in [0.1, 0.15) is 18.5 Å². The number of nitrogens with zero attached hydrogens (tertiary/aromatic N) is 2. The lowest BCUT2D eigenvalue weighted by atomic mass is 9.99. The summed E-state index contributed by atoms with van der Waals surface area (Å²) in [5.74, 6) is 0. The smallest absolute Gasteiger partial charge is 0.0922 e. The second-order valence-corrected chi connectivity index (χ2v) is 4.32. The molecule has 90 valence electrons. The van der Waals surface area contributed by atoms with Crippen molar-refractivity contribution in [2.75, 3.05) is 20.2 Å². The van der Waals surface area contributed by atoms with Crippen molar-refractivity contribution in [2.45, 2.75) is 31.5 Å². The van der Waals surface area contributed by atoms with Crippen LogP contribution in [0.3, 0.4) is 0 Å². The molecule has 0 bridgehead atoms. The van der Waals surface area contributed by atoms with E-state index < -0.39 is 0 Å². The molecule has 2 heterocycles. The van der Waals surface area contributed by atoms with Crippen LogP contribution in [-0.4, -0.2) is 47.2 Å². The Morgan fingerprint density at radius 2 is 2.56 bits per heavy atom. The lowest BCUT2D eigenvalue weighted by molar-refractivity contribution is 0.00982. The number of aromatic nitrogens is 2. The molecule has 2 unspecified atom stereocenters. The summed E-state index contributed by atoms with van der Waals surface area (Å²) in [5.41, 5.74) is 6.96. The molecule has 0 aromatic carbocycles. The first-order valence-electron chi connectivity index (χ1n) is 5.77. The molecule has 16 heavy (non-hydrogen) atoms. The molecule has 2 atom stereocenters. The normalized spacial score (nSPS) is 27.1. The van der Waals surface area contributed by atoms with Crippen LogP contribution in [0.2, 0.25) is 0 Å². The number of rotatable bonds is 4. The first kappa shape index (κ1) is 11.6. The maximum Gasteiger partial charge on any atom is 0.0922 e. The minimum Gasteiger partial charge on any atom is -0.381 e. The van der Waals surface area contributed by atoms with Crippen LogP contribution in [0.4, 0.5) is 0 Å². The third-order valence-electron chi connectivity index (χ3n) is 3.32.